The Bertz CT molecular complexity index is 579. The van der Waals surface area contributed by atoms with Gasteiger partial charge in [0.1, 0.15) is 12.5 Å². The number of anilines is 2. The van der Waals surface area contributed by atoms with Crippen LogP contribution in [0.4, 0.5) is 11.6 Å². The fourth-order valence-corrected chi connectivity index (χ4v) is 2.45. The van der Waals surface area contributed by atoms with Gasteiger partial charge in [0.05, 0.1) is 11.9 Å². The number of nitrogens with one attached hydrogen (secondary N) is 1. The summed E-state index contributed by atoms with van der Waals surface area (Å²) < 4.78 is 7.43. The summed E-state index contributed by atoms with van der Waals surface area (Å²) in [5.41, 5.74) is 0.870. The van der Waals surface area contributed by atoms with Crippen LogP contribution in [-0.4, -0.2) is 34.4 Å². The van der Waals surface area contributed by atoms with E-state index in [4.69, 9.17) is 4.74 Å². The quantitative estimate of drug-likeness (QED) is 0.629. The Kier molecular flexibility index (Phi) is 5.08. The highest BCUT2D eigenvalue weighted by molar-refractivity contribution is 6.76. The Hall–Kier alpha value is -1.73. The molecule has 1 N–H and O–H groups in total. The van der Waals surface area contributed by atoms with E-state index in [1.807, 2.05) is 19.2 Å². The van der Waals surface area contributed by atoms with Gasteiger partial charge in [-0.15, -0.1) is 0 Å². The Morgan fingerprint density at radius 3 is 2.76 bits per heavy atom. The molecular weight excluding hydrogens is 282 g/mol. The second-order valence-electron chi connectivity index (χ2n) is 6.26. The van der Waals surface area contributed by atoms with Gasteiger partial charge in [0.15, 0.2) is 5.82 Å². The summed E-state index contributed by atoms with van der Waals surface area (Å²) in [5, 5.41) is 7.52. The van der Waals surface area contributed by atoms with Gasteiger partial charge >= 0.3 is 0 Å². The molecule has 2 aromatic rings. The smallest absolute Gasteiger partial charge is 0.153 e. The summed E-state index contributed by atoms with van der Waals surface area (Å²) in [7, 11) is -1.03. The third-order valence-corrected chi connectivity index (χ3v) is 4.58. The molecule has 0 spiro atoms. The zero-order chi connectivity index (χ0) is 15.3. The standard InChI is InChI=1S/C14H23N5OSi/c1-12-9-15-10-14(16-12)17-13-5-6-19(18-13)11-20-7-8-21(2,3)4/h5-6,9-10H,7-8,11H2,1-4H3,(H,16,17,18). The SMILES string of the molecule is Cc1cncc(Nc2ccn(COCC[Si](C)(C)C)n2)n1. The zero-order valence-corrected chi connectivity index (χ0v) is 14.1. The molecule has 2 rings (SSSR count). The topological polar surface area (TPSA) is 64.9 Å². The summed E-state index contributed by atoms with van der Waals surface area (Å²) in [4.78, 5) is 8.42. The highest BCUT2D eigenvalue weighted by Crippen LogP contribution is 2.11. The van der Waals surface area contributed by atoms with Gasteiger partial charge in [-0.3, -0.25) is 4.98 Å². The van der Waals surface area contributed by atoms with Gasteiger partial charge in [-0.25, -0.2) is 9.67 Å². The first kappa shape index (κ1) is 15.7. The van der Waals surface area contributed by atoms with E-state index in [0.717, 1.165) is 24.2 Å². The molecule has 7 heteroatoms. The molecule has 0 bridgehead atoms. The van der Waals surface area contributed by atoms with Crippen LogP contribution in [0.15, 0.2) is 24.7 Å². The number of ether oxygens (including phenoxy) is 1. The van der Waals surface area contributed by atoms with Crippen molar-refractivity contribution >= 4 is 19.7 Å². The molecular formula is C14H23N5OSi. The van der Waals surface area contributed by atoms with Crippen molar-refractivity contribution in [1.29, 1.82) is 0 Å². The summed E-state index contributed by atoms with van der Waals surface area (Å²) in [5.74, 6) is 1.43. The lowest BCUT2D eigenvalue weighted by atomic mass is 10.5. The monoisotopic (exact) mass is 305 g/mol. The van der Waals surface area contributed by atoms with Crippen molar-refractivity contribution in [2.75, 3.05) is 11.9 Å². The predicted octanol–water partition coefficient (Wildman–Crippen LogP) is 3.04. The maximum absolute atomic E-state index is 5.66. The molecule has 0 saturated heterocycles. The molecule has 0 atom stereocenters. The highest BCUT2D eigenvalue weighted by Gasteiger charge is 2.12. The minimum atomic E-state index is -1.03. The van der Waals surface area contributed by atoms with Crippen molar-refractivity contribution < 1.29 is 4.74 Å². The molecule has 2 heterocycles. The van der Waals surface area contributed by atoms with E-state index in [0.29, 0.717) is 12.5 Å². The molecule has 21 heavy (non-hydrogen) atoms. The van der Waals surface area contributed by atoms with Crippen LogP contribution in [0.25, 0.3) is 0 Å². The summed E-state index contributed by atoms with van der Waals surface area (Å²) in [6.45, 7) is 10.2. The minimum Gasteiger partial charge on any atom is -0.360 e. The van der Waals surface area contributed by atoms with Gasteiger partial charge in [-0.2, -0.15) is 5.10 Å². The van der Waals surface area contributed by atoms with Crippen molar-refractivity contribution in [3.05, 3.63) is 30.4 Å². The third-order valence-electron chi connectivity index (χ3n) is 2.87. The minimum absolute atomic E-state index is 0.478. The average molecular weight is 305 g/mol. The van der Waals surface area contributed by atoms with Gasteiger partial charge in [-0.1, -0.05) is 19.6 Å². The molecule has 0 aliphatic carbocycles. The molecule has 0 aliphatic rings. The molecule has 0 radical (unpaired) electrons. The Morgan fingerprint density at radius 2 is 2.05 bits per heavy atom. The van der Waals surface area contributed by atoms with Crippen LogP contribution in [0.2, 0.25) is 25.7 Å². The van der Waals surface area contributed by atoms with Gasteiger partial charge in [0.2, 0.25) is 0 Å². The summed E-state index contributed by atoms with van der Waals surface area (Å²) in [6, 6.07) is 3.06. The lowest BCUT2D eigenvalue weighted by molar-refractivity contribution is 0.0788. The van der Waals surface area contributed by atoms with Crippen molar-refractivity contribution in [1.82, 2.24) is 19.7 Å². The second kappa shape index (κ2) is 6.82. The van der Waals surface area contributed by atoms with E-state index in [-0.39, 0.29) is 0 Å². The van der Waals surface area contributed by atoms with Crippen LogP contribution in [0, 0.1) is 6.92 Å². The lowest BCUT2D eigenvalue weighted by Gasteiger charge is -2.15. The van der Waals surface area contributed by atoms with Gasteiger partial charge in [0.25, 0.3) is 0 Å². The second-order valence-corrected chi connectivity index (χ2v) is 11.9. The average Bonchev–Trinajstić information content (AvgIpc) is 2.81. The molecule has 0 amide bonds. The summed E-state index contributed by atoms with van der Waals surface area (Å²) in [6.07, 6.45) is 5.28. The summed E-state index contributed by atoms with van der Waals surface area (Å²) >= 11 is 0. The van der Waals surface area contributed by atoms with Crippen LogP contribution in [0.1, 0.15) is 5.69 Å². The first-order valence-electron chi connectivity index (χ1n) is 7.09. The van der Waals surface area contributed by atoms with Crippen LogP contribution in [0.5, 0.6) is 0 Å². The molecule has 6 nitrogen and oxygen atoms in total. The van der Waals surface area contributed by atoms with Gasteiger partial charge in [-0.05, 0) is 13.0 Å². The maximum Gasteiger partial charge on any atom is 0.153 e. The third kappa shape index (κ3) is 5.64. The van der Waals surface area contributed by atoms with E-state index in [2.05, 4.69) is 40.0 Å². The number of aryl methyl sites for hydroxylation is 1. The molecule has 0 unspecified atom stereocenters. The Morgan fingerprint density at radius 1 is 1.24 bits per heavy atom. The molecule has 0 aliphatic heterocycles. The van der Waals surface area contributed by atoms with Crippen LogP contribution < -0.4 is 5.32 Å². The van der Waals surface area contributed by atoms with Crippen molar-refractivity contribution in [2.24, 2.45) is 0 Å². The van der Waals surface area contributed by atoms with Crippen molar-refractivity contribution in [3.63, 3.8) is 0 Å². The number of rotatable bonds is 7. The number of hydrogen-bond acceptors (Lipinski definition) is 5. The molecule has 0 fully saturated rings. The number of aromatic nitrogens is 4. The number of nitrogens with zero attached hydrogens (tertiary/aromatic N) is 4. The molecule has 2 aromatic heterocycles. The van der Waals surface area contributed by atoms with Crippen molar-refractivity contribution in [2.45, 2.75) is 39.3 Å². The van der Waals surface area contributed by atoms with E-state index in [1.54, 1.807) is 17.1 Å². The Labute approximate surface area is 126 Å². The van der Waals surface area contributed by atoms with Crippen LogP contribution >= 0.6 is 0 Å². The fraction of sp³-hybridized carbons (Fsp3) is 0.500. The largest absolute Gasteiger partial charge is 0.360 e. The zero-order valence-electron chi connectivity index (χ0n) is 13.1. The van der Waals surface area contributed by atoms with Crippen LogP contribution in [0.3, 0.4) is 0 Å². The Balaban J connectivity index is 1.81. The highest BCUT2D eigenvalue weighted by atomic mass is 28.3. The molecule has 0 saturated carbocycles. The maximum atomic E-state index is 5.66. The van der Waals surface area contributed by atoms with Gasteiger partial charge < -0.3 is 10.1 Å². The van der Waals surface area contributed by atoms with E-state index < -0.39 is 8.07 Å². The number of hydrogen-bond donors (Lipinski definition) is 1. The lowest BCUT2D eigenvalue weighted by Crippen LogP contribution is -2.22. The van der Waals surface area contributed by atoms with E-state index in [9.17, 15) is 0 Å². The fourth-order valence-electron chi connectivity index (χ4n) is 1.69. The predicted molar refractivity (Wildman–Crippen MR) is 86.4 cm³/mol. The van der Waals surface area contributed by atoms with E-state index in [1.165, 1.54) is 0 Å². The van der Waals surface area contributed by atoms with Crippen LogP contribution in [-0.2, 0) is 11.5 Å². The van der Waals surface area contributed by atoms with Gasteiger partial charge in [0, 0.05) is 33.1 Å². The first-order valence-corrected chi connectivity index (χ1v) is 10.8. The van der Waals surface area contributed by atoms with Crippen molar-refractivity contribution in [3.8, 4) is 0 Å². The molecule has 114 valence electrons. The molecule has 0 aromatic carbocycles. The van der Waals surface area contributed by atoms with E-state index >= 15 is 0 Å². The normalized spacial score (nSPS) is 11.6. The first-order chi connectivity index (χ1) is 9.92.